The Hall–Kier alpha value is -0.540. The van der Waals surface area contributed by atoms with Gasteiger partial charge in [0.15, 0.2) is 0 Å². The maximum absolute atomic E-state index is 12.4. The molecule has 0 heterocycles. The van der Waals surface area contributed by atoms with Gasteiger partial charge in [-0.05, 0) is 37.5 Å². The average Bonchev–Trinajstić information content (AvgIpc) is 2.58. The zero-order valence-electron chi connectivity index (χ0n) is 11.1. The van der Waals surface area contributed by atoms with Crippen molar-refractivity contribution in [2.24, 2.45) is 0 Å². The molecule has 1 aromatic carbocycles. The Labute approximate surface area is 128 Å². The van der Waals surface area contributed by atoms with Gasteiger partial charge < -0.3 is 5.32 Å². The van der Waals surface area contributed by atoms with Gasteiger partial charge in [-0.25, -0.2) is 0 Å². The Morgan fingerprint density at radius 2 is 2.05 bits per heavy atom. The molecule has 1 saturated carbocycles. The second-order valence-corrected chi connectivity index (χ2v) is 6.73. The normalized spacial score (nSPS) is 23.7. The number of hydrogen-bond acceptors (Lipinski definition) is 1. The number of carbonyl (C=O) groups excluding carboxylic acids is 1. The van der Waals surface area contributed by atoms with Gasteiger partial charge in [-0.15, -0.1) is 0 Å². The Bertz CT molecular complexity index is 463. The molecule has 2 rings (SSSR count). The van der Waals surface area contributed by atoms with E-state index in [1.54, 1.807) is 0 Å². The van der Waals surface area contributed by atoms with E-state index >= 15 is 0 Å². The lowest BCUT2D eigenvalue weighted by atomic mass is 10.1. The second kappa shape index (κ2) is 6.76. The number of halogens is 2. The van der Waals surface area contributed by atoms with Crippen LogP contribution in [0.15, 0.2) is 18.2 Å². The summed E-state index contributed by atoms with van der Waals surface area (Å²) in [5, 5.41) is 3.79. The highest BCUT2D eigenvalue weighted by Crippen LogP contribution is 2.25. The minimum atomic E-state index is -0.0173. The van der Waals surface area contributed by atoms with E-state index in [4.69, 9.17) is 11.6 Å². The molecule has 4 heteroatoms. The molecule has 0 saturated heterocycles. The summed E-state index contributed by atoms with van der Waals surface area (Å²) in [6.45, 7) is 1.88. The van der Waals surface area contributed by atoms with Gasteiger partial charge in [-0.1, -0.05) is 52.9 Å². The van der Waals surface area contributed by atoms with Gasteiger partial charge in [0.2, 0.25) is 0 Å². The molecule has 1 amide bonds. The predicted molar refractivity (Wildman–Crippen MR) is 83.2 cm³/mol. The number of amides is 1. The predicted octanol–water partition coefficient (Wildman–Crippen LogP) is 4.47. The first-order valence-electron chi connectivity index (χ1n) is 6.79. The molecule has 1 aliphatic carbocycles. The van der Waals surface area contributed by atoms with Gasteiger partial charge in [0.1, 0.15) is 0 Å². The van der Waals surface area contributed by atoms with Crippen molar-refractivity contribution in [3.05, 3.63) is 34.3 Å². The quantitative estimate of drug-likeness (QED) is 0.622. The van der Waals surface area contributed by atoms with E-state index in [1.807, 2.05) is 25.1 Å². The number of rotatable bonds is 2. The molecule has 0 bridgehead atoms. The summed E-state index contributed by atoms with van der Waals surface area (Å²) in [5.41, 5.74) is 1.53. The molecule has 2 atom stereocenters. The van der Waals surface area contributed by atoms with Crippen molar-refractivity contribution < 1.29 is 4.79 Å². The molecule has 2 nitrogen and oxygen atoms in total. The maximum atomic E-state index is 12.4. The lowest BCUT2D eigenvalue weighted by Gasteiger charge is -2.22. The van der Waals surface area contributed by atoms with Crippen LogP contribution in [0.4, 0.5) is 0 Å². The summed E-state index contributed by atoms with van der Waals surface area (Å²) in [6, 6.07) is 5.68. The van der Waals surface area contributed by atoms with Crippen LogP contribution in [-0.2, 0) is 0 Å². The summed E-state index contributed by atoms with van der Waals surface area (Å²) < 4.78 is 0. The van der Waals surface area contributed by atoms with Gasteiger partial charge >= 0.3 is 0 Å². The summed E-state index contributed by atoms with van der Waals surface area (Å²) in [6.07, 6.45) is 5.84. The van der Waals surface area contributed by atoms with Crippen molar-refractivity contribution in [2.45, 2.75) is 49.9 Å². The van der Waals surface area contributed by atoms with E-state index in [0.29, 0.717) is 15.4 Å². The first kappa shape index (κ1) is 14.9. The van der Waals surface area contributed by atoms with Gasteiger partial charge in [0, 0.05) is 21.5 Å². The van der Waals surface area contributed by atoms with Crippen LogP contribution in [0.3, 0.4) is 0 Å². The van der Waals surface area contributed by atoms with Crippen LogP contribution in [0.5, 0.6) is 0 Å². The van der Waals surface area contributed by atoms with Crippen LogP contribution in [0.1, 0.15) is 48.0 Å². The summed E-state index contributed by atoms with van der Waals surface area (Å²) in [7, 11) is 0. The molecule has 0 aliphatic heterocycles. The highest BCUT2D eigenvalue weighted by Gasteiger charge is 2.24. The van der Waals surface area contributed by atoms with Gasteiger partial charge in [-0.3, -0.25) is 4.79 Å². The molecule has 0 spiro atoms. The number of carbonyl (C=O) groups is 1. The fraction of sp³-hybridized carbons (Fsp3) is 0.533. The number of nitrogens with one attached hydrogen (secondary N) is 1. The number of alkyl halides is 1. The van der Waals surface area contributed by atoms with Crippen molar-refractivity contribution in [2.75, 3.05) is 0 Å². The molecule has 1 aromatic rings. The Morgan fingerprint density at radius 1 is 1.32 bits per heavy atom. The van der Waals surface area contributed by atoms with Crippen LogP contribution in [-0.4, -0.2) is 16.8 Å². The molecule has 0 radical (unpaired) electrons. The highest BCUT2D eigenvalue weighted by molar-refractivity contribution is 9.09. The molecule has 1 fully saturated rings. The van der Waals surface area contributed by atoms with Crippen LogP contribution in [0.25, 0.3) is 0 Å². The third-order valence-electron chi connectivity index (χ3n) is 3.76. The topological polar surface area (TPSA) is 29.1 Å². The highest BCUT2D eigenvalue weighted by atomic mass is 79.9. The first-order valence-corrected chi connectivity index (χ1v) is 8.09. The van der Waals surface area contributed by atoms with Crippen molar-refractivity contribution >= 4 is 33.4 Å². The van der Waals surface area contributed by atoms with Gasteiger partial charge in [0.25, 0.3) is 5.91 Å². The van der Waals surface area contributed by atoms with Crippen molar-refractivity contribution in [1.82, 2.24) is 5.32 Å². The summed E-state index contributed by atoms with van der Waals surface area (Å²) in [4.78, 5) is 12.7. The number of benzene rings is 1. The van der Waals surface area contributed by atoms with Crippen molar-refractivity contribution in [1.29, 1.82) is 0 Å². The van der Waals surface area contributed by atoms with E-state index in [1.165, 1.54) is 19.3 Å². The SMILES string of the molecule is Cc1c(Cl)cccc1C(=O)NC1CCCCCC1Br. The van der Waals surface area contributed by atoms with Crippen LogP contribution in [0, 0.1) is 6.92 Å². The molecule has 104 valence electrons. The average molecular weight is 345 g/mol. The van der Waals surface area contributed by atoms with Crippen LogP contribution >= 0.6 is 27.5 Å². The van der Waals surface area contributed by atoms with Crippen LogP contribution in [0.2, 0.25) is 5.02 Å². The van der Waals surface area contributed by atoms with E-state index in [9.17, 15) is 4.79 Å². The molecule has 19 heavy (non-hydrogen) atoms. The van der Waals surface area contributed by atoms with Crippen LogP contribution < -0.4 is 5.32 Å². The monoisotopic (exact) mass is 343 g/mol. The second-order valence-electron chi connectivity index (χ2n) is 5.15. The first-order chi connectivity index (χ1) is 9.09. The van der Waals surface area contributed by atoms with E-state index in [2.05, 4.69) is 21.2 Å². The maximum Gasteiger partial charge on any atom is 0.251 e. The minimum absolute atomic E-state index is 0.0173. The molecule has 2 unspecified atom stereocenters. The molecule has 0 aromatic heterocycles. The fourth-order valence-corrected chi connectivity index (χ4v) is 3.42. The molecule has 1 aliphatic rings. The van der Waals surface area contributed by atoms with Crippen molar-refractivity contribution in [3.8, 4) is 0 Å². The number of hydrogen-bond donors (Lipinski definition) is 1. The van der Waals surface area contributed by atoms with E-state index < -0.39 is 0 Å². The molecule has 1 N–H and O–H groups in total. The minimum Gasteiger partial charge on any atom is -0.348 e. The van der Waals surface area contributed by atoms with Gasteiger partial charge in [0.05, 0.1) is 0 Å². The zero-order chi connectivity index (χ0) is 13.8. The van der Waals surface area contributed by atoms with E-state index in [-0.39, 0.29) is 11.9 Å². The fourth-order valence-electron chi connectivity index (χ4n) is 2.52. The molecular weight excluding hydrogens is 326 g/mol. The van der Waals surface area contributed by atoms with Gasteiger partial charge in [-0.2, -0.15) is 0 Å². The van der Waals surface area contributed by atoms with E-state index in [0.717, 1.165) is 18.4 Å². The largest absolute Gasteiger partial charge is 0.348 e. The smallest absolute Gasteiger partial charge is 0.251 e. The standard InChI is InChI=1S/C15H19BrClNO/c1-10-11(6-5-8-13(10)17)15(19)18-14-9-4-2-3-7-12(14)16/h5-6,8,12,14H,2-4,7,9H2,1H3,(H,18,19). The zero-order valence-corrected chi connectivity index (χ0v) is 13.4. The Kier molecular flexibility index (Phi) is 5.28. The lowest BCUT2D eigenvalue weighted by Crippen LogP contribution is -2.40. The summed E-state index contributed by atoms with van der Waals surface area (Å²) in [5.74, 6) is -0.0173. The summed E-state index contributed by atoms with van der Waals surface area (Å²) >= 11 is 9.76. The third-order valence-corrected chi connectivity index (χ3v) is 5.27. The molecular formula is C15H19BrClNO. The third kappa shape index (κ3) is 3.73. The Morgan fingerprint density at radius 3 is 2.84 bits per heavy atom. The Balaban J connectivity index is 2.09. The van der Waals surface area contributed by atoms with Crippen molar-refractivity contribution in [3.63, 3.8) is 0 Å². The lowest BCUT2D eigenvalue weighted by molar-refractivity contribution is 0.0934.